The molecule has 1 aliphatic carbocycles. The van der Waals surface area contributed by atoms with Gasteiger partial charge in [0, 0.05) is 18.0 Å². The topological polar surface area (TPSA) is 102 Å². The zero-order valence-corrected chi connectivity index (χ0v) is 16.4. The van der Waals surface area contributed by atoms with E-state index in [2.05, 4.69) is 20.3 Å². The molecule has 1 fully saturated rings. The molecule has 0 aromatic carbocycles. The number of nitrogens with two attached hydrogens (primary N) is 1. The molecule has 3 heterocycles. The van der Waals surface area contributed by atoms with E-state index in [0.29, 0.717) is 5.02 Å². The fourth-order valence-electron chi connectivity index (χ4n) is 3.74. The van der Waals surface area contributed by atoms with Crippen molar-refractivity contribution in [2.75, 3.05) is 5.32 Å². The summed E-state index contributed by atoms with van der Waals surface area (Å²) in [7, 11) is 0. The molecule has 1 aliphatic heterocycles. The summed E-state index contributed by atoms with van der Waals surface area (Å²) in [4.78, 5) is 25.0. The Morgan fingerprint density at radius 3 is 2.86 bits per heavy atom. The van der Waals surface area contributed by atoms with Gasteiger partial charge in [0.1, 0.15) is 34.7 Å². The van der Waals surface area contributed by atoms with E-state index in [0.717, 1.165) is 0 Å². The molecule has 4 atom stereocenters. The average Bonchev–Trinajstić information content (AvgIpc) is 3.26. The zero-order chi connectivity index (χ0) is 20.2. The number of nitrogens with one attached hydrogen (secondary N) is 1. The van der Waals surface area contributed by atoms with Crippen molar-refractivity contribution < 1.29 is 13.9 Å². The molecule has 10 heteroatoms. The van der Waals surface area contributed by atoms with Gasteiger partial charge in [0.05, 0.1) is 10.0 Å². The maximum atomic E-state index is 14.6. The largest absolute Gasteiger partial charge is 0.461 e. The first-order valence-corrected chi connectivity index (χ1v) is 9.27. The number of hydrogen-bond acceptors (Lipinski definition) is 6. The lowest BCUT2D eigenvalue weighted by Gasteiger charge is -2.29. The van der Waals surface area contributed by atoms with Gasteiger partial charge in [-0.3, -0.25) is 4.79 Å². The molecule has 28 heavy (non-hydrogen) atoms. The van der Waals surface area contributed by atoms with Crippen molar-refractivity contribution in [3.63, 3.8) is 0 Å². The van der Waals surface area contributed by atoms with Gasteiger partial charge in [0.2, 0.25) is 0 Å². The fraction of sp³-hybridized carbons (Fsp3) is 0.333. The first-order valence-electron chi connectivity index (χ1n) is 8.52. The lowest BCUT2D eigenvalue weighted by molar-refractivity contribution is 0.102. The molecule has 0 spiro atoms. The van der Waals surface area contributed by atoms with E-state index >= 15 is 0 Å². The van der Waals surface area contributed by atoms with Gasteiger partial charge in [0.15, 0.2) is 0 Å². The van der Waals surface area contributed by atoms with E-state index in [1.807, 2.05) is 6.92 Å². The maximum Gasteiger partial charge on any atom is 0.283 e. The van der Waals surface area contributed by atoms with Crippen molar-refractivity contribution in [1.29, 1.82) is 0 Å². The third-order valence-electron chi connectivity index (χ3n) is 5.14. The van der Waals surface area contributed by atoms with Crippen LogP contribution in [0.5, 0.6) is 0 Å². The van der Waals surface area contributed by atoms with Crippen molar-refractivity contribution >= 4 is 40.9 Å². The van der Waals surface area contributed by atoms with E-state index in [4.69, 9.17) is 33.7 Å². The molecule has 3 N–H and O–H groups in total. The number of amides is 1. The van der Waals surface area contributed by atoms with Crippen LogP contribution in [0.15, 0.2) is 29.4 Å². The van der Waals surface area contributed by atoms with Crippen molar-refractivity contribution in [1.82, 2.24) is 9.97 Å². The van der Waals surface area contributed by atoms with Gasteiger partial charge < -0.3 is 15.8 Å². The molecule has 7 nitrogen and oxygen atoms in total. The Morgan fingerprint density at radius 1 is 1.39 bits per heavy atom. The molecule has 0 radical (unpaired) electrons. The number of hydrogen-bond donors (Lipinski definition) is 2. The number of amidine groups is 1. The van der Waals surface area contributed by atoms with Crippen molar-refractivity contribution in [2.45, 2.75) is 25.5 Å². The number of ether oxygens (including phenoxy) is 1. The van der Waals surface area contributed by atoms with Crippen molar-refractivity contribution in [3.8, 4) is 0 Å². The molecule has 0 bridgehead atoms. The summed E-state index contributed by atoms with van der Waals surface area (Å²) in [5.41, 5.74) is 4.85. The molecule has 1 saturated carbocycles. The Morgan fingerprint density at radius 2 is 2.14 bits per heavy atom. The van der Waals surface area contributed by atoms with E-state index in [1.54, 1.807) is 6.92 Å². The number of aromatic nitrogens is 2. The number of rotatable bonds is 3. The molecule has 4 rings (SSSR count). The quantitative estimate of drug-likeness (QED) is 0.787. The molecule has 0 saturated heterocycles. The molecule has 1 amide bonds. The molecule has 2 aromatic heterocycles. The molecule has 2 aliphatic rings. The third kappa shape index (κ3) is 3.06. The maximum absolute atomic E-state index is 14.6. The minimum atomic E-state index is -0.993. The second-order valence-electron chi connectivity index (χ2n) is 7.03. The second kappa shape index (κ2) is 6.56. The van der Waals surface area contributed by atoms with Gasteiger partial charge in [-0.15, -0.1) is 0 Å². The van der Waals surface area contributed by atoms with Crippen LogP contribution in [-0.2, 0) is 10.3 Å². The number of carbonyl (C=O) groups is 1. The highest BCUT2D eigenvalue weighted by Gasteiger charge is 2.63. The number of nitrogens with zero attached hydrogens (tertiary/aromatic N) is 3. The first kappa shape index (κ1) is 18.9. The highest BCUT2D eigenvalue weighted by molar-refractivity contribution is 6.36. The number of carbonyl (C=O) groups excluding carboxylic acids is 1. The van der Waals surface area contributed by atoms with Gasteiger partial charge >= 0.3 is 0 Å². The molecule has 146 valence electrons. The Labute approximate surface area is 170 Å². The number of pyridine rings is 2. The molecular formula is C18H16Cl2FN5O2. The van der Waals surface area contributed by atoms with Crippen LogP contribution in [0.2, 0.25) is 10.0 Å². The minimum Gasteiger partial charge on any atom is -0.461 e. The van der Waals surface area contributed by atoms with Crippen LogP contribution in [0.3, 0.4) is 0 Å². The third-order valence-corrected chi connectivity index (χ3v) is 5.63. The van der Waals surface area contributed by atoms with Crippen molar-refractivity contribution in [3.05, 3.63) is 51.6 Å². The summed E-state index contributed by atoms with van der Waals surface area (Å²) >= 11 is 11.8. The number of fused-ring (bicyclic) bond motifs is 1. The van der Waals surface area contributed by atoms with Crippen LogP contribution in [0, 0.1) is 17.7 Å². The highest BCUT2D eigenvalue weighted by Crippen LogP contribution is 2.56. The van der Waals surface area contributed by atoms with Crippen LogP contribution in [-0.4, -0.2) is 28.0 Å². The zero-order valence-electron chi connectivity index (χ0n) is 14.9. The summed E-state index contributed by atoms with van der Waals surface area (Å²) in [5.74, 6) is -0.893. The summed E-state index contributed by atoms with van der Waals surface area (Å²) in [6.45, 7) is 3.75. The Hall–Kier alpha value is -2.45. The Balaban J connectivity index is 1.66. The van der Waals surface area contributed by atoms with E-state index in [1.165, 1.54) is 24.4 Å². The van der Waals surface area contributed by atoms with Crippen LogP contribution in [0.4, 0.5) is 10.2 Å². The Kier molecular flexibility index (Phi) is 4.43. The van der Waals surface area contributed by atoms with Crippen LogP contribution in [0.1, 0.15) is 30.0 Å². The lowest BCUT2D eigenvalue weighted by atomic mass is 9.89. The summed E-state index contributed by atoms with van der Waals surface area (Å²) in [6.07, 6.45) is 1.18. The van der Waals surface area contributed by atoms with Crippen LogP contribution >= 0.6 is 23.2 Å². The van der Waals surface area contributed by atoms with E-state index < -0.39 is 17.3 Å². The van der Waals surface area contributed by atoms with Gasteiger partial charge in [0.25, 0.3) is 11.9 Å². The van der Waals surface area contributed by atoms with Gasteiger partial charge in [-0.05, 0) is 25.1 Å². The van der Waals surface area contributed by atoms with Crippen LogP contribution in [0.25, 0.3) is 0 Å². The van der Waals surface area contributed by atoms with E-state index in [-0.39, 0.29) is 46.2 Å². The first-order chi connectivity index (χ1) is 13.2. The summed E-state index contributed by atoms with van der Waals surface area (Å²) in [6, 6.07) is 3.98. The number of anilines is 1. The molecular weight excluding hydrogens is 408 g/mol. The molecule has 4 unspecified atom stereocenters. The average molecular weight is 424 g/mol. The highest BCUT2D eigenvalue weighted by atomic mass is 35.5. The lowest BCUT2D eigenvalue weighted by Crippen LogP contribution is -2.36. The number of halogens is 3. The van der Waals surface area contributed by atoms with Gasteiger partial charge in [-0.2, -0.15) is 0 Å². The monoisotopic (exact) mass is 423 g/mol. The fourth-order valence-corrected chi connectivity index (χ4v) is 4.21. The smallest absolute Gasteiger partial charge is 0.283 e. The predicted octanol–water partition coefficient (Wildman–Crippen LogP) is 3.37. The summed E-state index contributed by atoms with van der Waals surface area (Å²) < 4.78 is 20.1. The second-order valence-corrected chi connectivity index (χ2v) is 7.87. The minimum absolute atomic E-state index is 0.000819. The van der Waals surface area contributed by atoms with Gasteiger partial charge in [-0.1, -0.05) is 30.1 Å². The molecule has 2 aromatic rings. The standard InChI is InChI=1S/C18H16Cl2FN5O2/c1-7-12-14(7)28-17(22)26-18(12,2)15-10(21)3-4-11(24-15)25-16(27)13-9(20)5-8(19)6-23-13/h3-7,12,14H,1-2H3,(H2,22,26)(H,24,25,27). The predicted molar refractivity (Wildman–Crippen MR) is 103 cm³/mol. The van der Waals surface area contributed by atoms with Crippen molar-refractivity contribution in [2.24, 2.45) is 22.6 Å². The SMILES string of the molecule is CC1C2OC(N)=NC(C)(c3nc(NC(=O)c4ncc(Cl)cc4Cl)ccc3F)C12. The number of aliphatic imine (C=N–C) groups is 1. The van der Waals surface area contributed by atoms with Gasteiger partial charge in [-0.25, -0.2) is 19.4 Å². The Bertz CT molecular complexity index is 1020. The van der Waals surface area contributed by atoms with E-state index in [9.17, 15) is 9.18 Å². The normalized spacial score (nSPS) is 28.0. The summed E-state index contributed by atoms with van der Waals surface area (Å²) in [5, 5.41) is 2.97. The van der Waals surface area contributed by atoms with Crippen LogP contribution < -0.4 is 11.1 Å².